The van der Waals surface area contributed by atoms with Crippen molar-refractivity contribution in [3.8, 4) is 0 Å². The maximum absolute atomic E-state index is 4.34. The molecule has 15 heavy (non-hydrogen) atoms. The van der Waals surface area contributed by atoms with Gasteiger partial charge in [-0.25, -0.2) is 0 Å². The Balaban J connectivity index is 2.11. The minimum Gasteiger partial charge on any atom is -0.376 e. The molecule has 2 N–H and O–H groups in total. The lowest BCUT2D eigenvalue weighted by Gasteiger charge is -2.04. The molecule has 2 rings (SSSR count). The van der Waals surface area contributed by atoms with Crippen molar-refractivity contribution in [2.45, 2.75) is 20.4 Å². The highest BCUT2D eigenvalue weighted by Crippen LogP contribution is 2.18. The highest BCUT2D eigenvalue weighted by molar-refractivity contribution is 5.51. The second-order valence-corrected chi connectivity index (χ2v) is 3.60. The highest BCUT2D eigenvalue weighted by Gasteiger charge is 2.08. The van der Waals surface area contributed by atoms with Crippen molar-refractivity contribution in [1.29, 1.82) is 0 Å². The topological polar surface area (TPSA) is 58.5 Å². The first-order valence-corrected chi connectivity index (χ1v) is 4.91. The summed E-state index contributed by atoms with van der Waals surface area (Å²) in [4.78, 5) is 0. The Morgan fingerprint density at radius 1 is 1.47 bits per heavy atom. The van der Waals surface area contributed by atoms with Crippen molar-refractivity contribution in [1.82, 2.24) is 20.0 Å². The molecule has 0 atom stereocenters. The number of hydrogen-bond acceptors (Lipinski definition) is 3. The fourth-order valence-corrected chi connectivity index (χ4v) is 1.60. The lowest BCUT2D eigenvalue weighted by Crippen LogP contribution is -2.02. The van der Waals surface area contributed by atoms with Crippen LogP contribution in [0.5, 0.6) is 0 Å². The van der Waals surface area contributed by atoms with E-state index in [1.165, 1.54) is 0 Å². The average molecular weight is 205 g/mol. The number of aromatic amines is 1. The van der Waals surface area contributed by atoms with Crippen LogP contribution in [-0.4, -0.2) is 20.0 Å². The number of H-pyrrole nitrogens is 1. The van der Waals surface area contributed by atoms with Gasteiger partial charge in [0.2, 0.25) is 0 Å². The third-order valence-electron chi connectivity index (χ3n) is 2.52. The monoisotopic (exact) mass is 205 g/mol. The molecule has 5 heteroatoms. The number of hydrogen-bond donors (Lipinski definition) is 2. The number of anilines is 1. The molecule has 0 saturated heterocycles. The minimum atomic E-state index is 0.743. The van der Waals surface area contributed by atoms with Crippen LogP contribution in [0.3, 0.4) is 0 Å². The maximum Gasteiger partial charge on any atom is 0.0827 e. The van der Waals surface area contributed by atoms with Crippen molar-refractivity contribution in [2.24, 2.45) is 7.05 Å². The van der Waals surface area contributed by atoms with Gasteiger partial charge in [0, 0.05) is 13.2 Å². The summed E-state index contributed by atoms with van der Waals surface area (Å²) in [5, 5.41) is 14.5. The zero-order chi connectivity index (χ0) is 10.8. The van der Waals surface area contributed by atoms with E-state index in [0.29, 0.717) is 0 Å². The van der Waals surface area contributed by atoms with Gasteiger partial charge in [0.15, 0.2) is 0 Å². The van der Waals surface area contributed by atoms with Crippen LogP contribution in [0.4, 0.5) is 5.69 Å². The summed E-state index contributed by atoms with van der Waals surface area (Å²) in [5.74, 6) is 0. The smallest absolute Gasteiger partial charge is 0.0827 e. The van der Waals surface area contributed by atoms with Gasteiger partial charge < -0.3 is 5.32 Å². The lowest BCUT2D eigenvalue weighted by molar-refractivity contribution is 0.731. The molecule has 0 unspecified atom stereocenters. The van der Waals surface area contributed by atoms with Gasteiger partial charge in [-0.05, 0) is 19.9 Å². The quantitative estimate of drug-likeness (QED) is 0.795. The van der Waals surface area contributed by atoms with Crippen LogP contribution in [0.2, 0.25) is 0 Å². The molecule has 2 aromatic rings. The van der Waals surface area contributed by atoms with Crippen LogP contribution in [0.25, 0.3) is 0 Å². The van der Waals surface area contributed by atoms with Crippen LogP contribution in [0.1, 0.15) is 17.1 Å². The molecule has 0 bridgehead atoms. The van der Waals surface area contributed by atoms with Gasteiger partial charge in [-0.2, -0.15) is 10.2 Å². The van der Waals surface area contributed by atoms with Crippen LogP contribution >= 0.6 is 0 Å². The predicted octanol–water partition coefficient (Wildman–Crippen LogP) is 1.37. The minimum absolute atomic E-state index is 0.743. The Labute approximate surface area is 88.5 Å². The van der Waals surface area contributed by atoms with Crippen LogP contribution in [0.15, 0.2) is 12.3 Å². The van der Waals surface area contributed by atoms with Crippen molar-refractivity contribution in [3.63, 3.8) is 0 Å². The fraction of sp³-hybridized carbons (Fsp3) is 0.400. The Bertz CT molecular complexity index is 441. The summed E-state index contributed by atoms with van der Waals surface area (Å²) >= 11 is 0. The van der Waals surface area contributed by atoms with E-state index < -0.39 is 0 Å². The van der Waals surface area contributed by atoms with E-state index in [9.17, 15) is 0 Å². The molecule has 0 spiro atoms. The van der Waals surface area contributed by atoms with E-state index in [0.717, 1.165) is 29.3 Å². The number of aromatic nitrogens is 4. The van der Waals surface area contributed by atoms with Gasteiger partial charge >= 0.3 is 0 Å². The number of rotatable bonds is 3. The summed E-state index contributed by atoms with van der Waals surface area (Å²) in [6, 6.07) is 1.95. The Kier molecular flexibility index (Phi) is 2.45. The molecular weight excluding hydrogens is 190 g/mol. The van der Waals surface area contributed by atoms with Crippen molar-refractivity contribution >= 4 is 5.69 Å². The second kappa shape index (κ2) is 3.76. The van der Waals surface area contributed by atoms with E-state index in [-0.39, 0.29) is 0 Å². The molecule has 2 heterocycles. The van der Waals surface area contributed by atoms with Crippen molar-refractivity contribution in [2.75, 3.05) is 5.32 Å². The van der Waals surface area contributed by atoms with E-state index in [2.05, 4.69) is 27.5 Å². The molecule has 0 aliphatic rings. The maximum atomic E-state index is 4.34. The lowest BCUT2D eigenvalue weighted by atomic mass is 10.3. The van der Waals surface area contributed by atoms with Crippen LogP contribution < -0.4 is 5.32 Å². The van der Waals surface area contributed by atoms with Crippen molar-refractivity contribution < 1.29 is 0 Å². The first kappa shape index (κ1) is 9.76. The summed E-state index contributed by atoms with van der Waals surface area (Å²) in [6.45, 7) is 4.80. The largest absolute Gasteiger partial charge is 0.376 e. The SMILES string of the molecule is Cc1nn(C)c(C)c1NCc1ccn[nH]1. The van der Waals surface area contributed by atoms with E-state index >= 15 is 0 Å². The summed E-state index contributed by atoms with van der Waals surface area (Å²) in [5.41, 5.74) is 4.34. The fourth-order valence-electron chi connectivity index (χ4n) is 1.60. The first-order chi connectivity index (χ1) is 7.18. The van der Waals surface area contributed by atoms with E-state index in [1.54, 1.807) is 6.20 Å². The molecule has 0 radical (unpaired) electrons. The van der Waals surface area contributed by atoms with Gasteiger partial charge in [0.1, 0.15) is 0 Å². The average Bonchev–Trinajstić information content (AvgIpc) is 2.76. The summed E-state index contributed by atoms with van der Waals surface area (Å²) in [7, 11) is 1.95. The molecule has 0 aliphatic carbocycles. The normalized spacial score (nSPS) is 10.6. The molecule has 5 nitrogen and oxygen atoms in total. The molecule has 0 fully saturated rings. The predicted molar refractivity (Wildman–Crippen MR) is 58.6 cm³/mol. The second-order valence-electron chi connectivity index (χ2n) is 3.60. The number of nitrogens with zero attached hydrogens (tertiary/aromatic N) is 3. The zero-order valence-electron chi connectivity index (χ0n) is 9.20. The molecule has 0 saturated carbocycles. The molecule has 2 aromatic heterocycles. The van der Waals surface area contributed by atoms with Gasteiger partial charge in [-0.3, -0.25) is 9.78 Å². The standard InChI is InChI=1S/C10H15N5/c1-7-10(8(2)15(3)14-7)11-6-9-4-5-12-13-9/h4-5,11H,6H2,1-3H3,(H,12,13). The molecule has 80 valence electrons. The van der Waals surface area contributed by atoms with Crippen LogP contribution in [0, 0.1) is 13.8 Å². The molecule has 0 aromatic carbocycles. The Morgan fingerprint density at radius 2 is 2.27 bits per heavy atom. The summed E-state index contributed by atoms with van der Waals surface area (Å²) < 4.78 is 1.88. The molecule has 0 aliphatic heterocycles. The summed E-state index contributed by atoms with van der Waals surface area (Å²) in [6.07, 6.45) is 1.75. The van der Waals surface area contributed by atoms with Gasteiger partial charge in [-0.1, -0.05) is 0 Å². The van der Waals surface area contributed by atoms with Crippen LogP contribution in [-0.2, 0) is 13.6 Å². The van der Waals surface area contributed by atoms with E-state index in [4.69, 9.17) is 0 Å². The third-order valence-corrected chi connectivity index (χ3v) is 2.52. The highest BCUT2D eigenvalue weighted by atomic mass is 15.3. The molecule has 0 amide bonds. The Hall–Kier alpha value is -1.78. The van der Waals surface area contributed by atoms with Gasteiger partial charge in [0.05, 0.1) is 29.3 Å². The van der Waals surface area contributed by atoms with Crippen molar-refractivity contribution in [3.05, 3.63) is 29.3 Å². The van der Waals surface area contributed by atoms with Gasteiger partial charge in [0.25, 0.3) is 0 Å². The first-order valence-electron chi connectivity index (χ1n) is 4.91. The number of nitrogens with one attached hydrogen (secondary N) is 2. The zero-order valence-corrected chi connectivity index (χ0v) is 9.20. The molecular formula is C10H15N5. The van der Waals surface area contributed by atoms with E-state index in [1.807, 2.05) is 24.7 Å². The van der Waals surface area contributed by atoms with Gasteiger partial charge in [-0.15, -0.1) is 0 Å². The number of aryl methyl sites for hydroxylation is 2. The third kappa shape index (κ3) is 1.86. The Morgan fingerprint density at radius 3 is 2.80 bits per heavy atom.